The Bertz CT molecular complexity index is 1440. The molecule has 0 spiro atoms. The van der Waals surface area contributed by atoms with Gasteiger partial charge >= 0.3 is 0 Å². The fourth-order valence-electron chi connectivity index (χ4n) is 5.81. The van der Waals surface area contributed by atoms with Gasteiger partial charge in [-0.2, -0.15) is 0 Å². The first-order valence-electron chi connectivity index (χ1n) is 13.6. The minimum absolute atomic E-state index is 0.0310. The molecule has 0 N–H and O–H groups in total. The molecule has 196 valence electrons. The van der Waals surface area contributed by atoms with Gasteiger partial charge in [0.1, 0.15) is 30.0 Å². The fraction of sp³-hybridized carbons (Fsp3) is 0.364. The van der Waals surface area contributed by atoms with E-state index in [2.05, 4.69) is 67.8 Å². The van der Waals surface area contributed by atoms with Crippen molar-refractivity contribution in [1.29, 1.82) is 0 Å². The molecule has 0 atom stereocenters. The molecule has 1 aliphatic carbocycles. The first-order chi connectivity index (χ1) is 18.5. The molecule has 2 aliphatic rings. The van der Waals surface area contributed by atoms with E-state index in [9.17, 15) is 4.79 Å². The molecular weight excluding hydrogens is 492 g/mol. The maximum atomic E-state index is 11.6. The van der Waals surface area contributed by atoms with Crippen LogP contribution >= 0.6 is 11.3 Å². The van der Waals surface area contributed by atoms with Crippen molar-refractivity contribution in [3.63, 3.8) is 0 Å². The molecule has 1 aliphatic heterocycles. The predicted molar refractivity (Wildman–Crippen MR) is 153 cm³/mol. The molecular formula is C33H34O4S. The standard InChI is InChI=1S/C33H34O4S/c1-3-33(18-25(34)19-33)24-5-7-26(8-6-24)36-20-23-4-11-32-30(17-23)31(21-38-32)29-10-9-28(16-22(29)2)37-27-12-14-35-15-13-27/h4-11,16-17,21,27H,3,12-15,18-20H2,1-2H3. The van der Waals surface area contributed by atoms with E-state index in [-0.39, 0.29) is 11.5 Å². The molecule has 1 saturated carbocycles. The Morgan fingerprint density at radius 1 is 0.947 bits per heavy atom. The molecule has 0 amide bonds. The molecule has 3 aromatic carbocycles. The number of carbonyl (C=O) groups is 1. The summed E-state index contributed by atoms with van der Waals surface area (Å²) in [5.41, 5.74) is 6.14. The number of aryl methyl sites for hydroxylation is 1. The van der Waals surface area contributed by atoms with Gasteiger partial charge in [-0.3, -0.25) is 4.79 Å². The lowest BCUT2D eigenvalue weighted by atomic mass is 9.62. The molecule has 2 fully saturated rings. The summed E-state index contributed by atoms with van der Waals surface area (Å²) in [6.07, 6.45) is 4.46. The van der Waals surface area contributed by atoms with E-state index in [1.807, 2.05) is 12.1 Å². The van der Waals surface area contributed by atoms with Gasteiger partial charge in [0, 0.05) is 46.7 Å². The highest BCUT2D eigenvalue weighted by atomic mass is 32.1. The monoisotopic (exact) mass is 526 g/mol. The van der Waals surface area contributed by atoms with Crippen LogP contribution in [0.25, 0.3) is 21.2 Å². The van der Waals surface area contributed by atoms with E-state index in [0.717, 1.165) is 49.5 Å². The van der Waals surface area contributed by atoms with Crippen molar-refractivity contribution in [2.75, 3.05) is 13.2 Å². The van der Waals surface area contributed by atoms with Gasteiger partial charge in [-0.15, -0.1) is 11.3 Å². The summed E-state index contributed by atoms with van der Waals surface area (Å²) in [6, 6.07) is 21.4. The van der Waals surface area contributed by atoms with Crippen LogP contribution in [0.4, 0.5) is 0 Å². The van der Waals surface area contributed by atoms with E-state index in [1.54, 1.807) is 11.3 Å². The Kier molecular flexibility index (Phi) is 6.98. The molecule has 4 aromatic rings. The molecule has 6 rings (SSSR count). The molecule has 4 nitrogen and oxygen atoms in total. The number of hydrogen-bond donors (Lipinski definition) is 0. The number of rotatable bonds is 8. The summed E-state index contributed by atoms with van der Waals surface area (Å²) >= 11 is 1.78. The lowest BCUT2D eigenvalue weighted by molar-refractivity contribution is -0.128. The number of hydrogen-bond acceptors (Lipinski definition) is 5. The van der Waals surface area contributed by atoms with Crippen molar-refractivity contribution in [2.24, 2.45) is 0 Å². The summed E-state index contributed by atoms with van der Waals surface area (Å²) in [5, 5.41) is 3.51. The van der Waals surface area contributed by atoms with E-state index in [4.69, 9.17) is 14.2 Å². The van der Waals surface area contributed by atoms with Gasteiger partial charge in [0.25, 0.3) is 0 Å². The summed E-state index contributed by atoms with van der Waals surface area (Å²) in [7, 11) is 0. The van der Waals surface area contributed by atoms with Gasteiger partial charge in [-0.05, 0) is 77.4 Å². The Hall–Kier alpha value is -3.15. The third kappa shape index (κ3) is 4.97. The molecule has 0 bridgehead atoms. The number of ketones is 1. The number of thiophene rings is 1. The average molecular weight is 527 g/mol. The van der Waals surface area contributed by atoms with Crippen LogP contribution in [0.1, 0.15) is 55.7 Å². The predicted octanol–water partition coefficient (Wildman–Crippen LogP) is 8.02. The van der Waals surface area contributed by atoms with E-state index < -0.39 is 0 Å². The smallest absolute Gasteiger partial charge is 0.134 e. The number of Topliss-reactive ketones (excluding diaryl/α,β-unsaturated/α-hetero) is 1. The first-order valence-corrected chi connectivity index (χ1v) is 14.5. The molecule has 38 heavy (non-hydrogen) atoms. The lowest BCUT2D eigenvalue weighted by Crippen LogP contribution is -2.40. The van der Waals surface area contributed by atoms with Crippen LogP contribution < -0.4 is 9.47 Å². The maximum absolute atomic E-state index is 11.6. The van der Waals surface area contributed by atoms with Crippen molar-refractivity contribution < 1.29 is 19.0 Å². The van der Waals surface area contributed by atoms with Gasteiger partial charge in [0.05, 0.1) is 13.2 Å². The molecule has 0 unspecified atom stereocenters. The molecule has 2 heterocycles. The Morgan fingerprint density at radius 3 is 2.42 bits per heavy atom. The van der Waals surface area contributed by atoms with Crippen LogP contribution in [0, 0.1) is 6.92 Å². The highest BCUT2D eigenvalue weighted by molar-refractivity contribution is 7.17. The SMILES string of the molecule is CCC1(c2ccc(OCc3ccc4scc(-c5ccc(OC6CCOCC6)cc5C)c4c3)cc2)CC(=O)C1. The minimum atomic E-state index is 0.0310. The number of ether oxygens (including phenoxy) is 3. The largest absolute Gasteiger partial charge is 0.490 e. The van der Waals surface area contributed by atoms with Crippen LogP contribution in [0.15, 0.2) is 66.0 Å². The van der Waals surface area contributed by atoms with E-state index in [1.165, 1.54) is 32.3 Å². The summed E-state index contributed by atoms with van der Waals surface area (Å²) < 4.78 is 19.1. The summed E-state index contributed by atoms with van der Waals surface area (Å²) in [6.45, 7) is 6.40. The van der Waals surface area contributed by atoms with Crippen molar-refractivity contribution in [3.05, 3.63) is 82.7 Å². The Balaban J connectivity index is 1.16. The van der Waals surface area contributed by atoms with Crippen molar-refractivity contribution in [3.8, 4) is 22.6 Å². The third-order valence-electron chi connectivity index (χ3n) is 8.22. The van der Waals surface area contributed by atoms with Crippen LogP contribution in [-0.2, 0) is 21.6 Å². The van der Waals surface area contributed by atoms with Gasteiger partial charge in [-0.1, -0.05) is 31.2 Å². The van der Waals surface area contributed by atoms with Crippen molar-refractivity contribution in [2.45, 2.75) is 64.1 Å². The Morgan fingerprint density at radius 2 is 1.71 bits per heavy atom. The van der Waals surface area contributed by atoms with Crippen molar-refractivity contribution >= 4 is 27.2 Å². The minimum Gasteiger partial charge on any atom is -0.490 e. The van der Waals surface area contributed by atoms with Crippen LogP contribution in [-0.4, -0.2) is 25.1 Å². The normalized spacial score (nSPS) is 17.4. The highest BCUT2D eigenvalue weighted by Gasteiger charge is 2.43. The maximum Gasteiger partial charge on any atom is 0.134 e. The van der Waals surface area contributed by atoms with E-state index >= 15 is 0 Å². The Labute approximate surface area is 228 Å². The zero-order valence-electron chi connectivity index (χ0n) is 22.1. The quantitative estimate of drug-likeness (QED) is 0.233. The molecule has 1 saturated heterocycles. The second-order valence-corrected chi connectivity index (χ2v) is 11.6. The first kappa shape index (κ1) is 25.1. The zero-order valence-corrected chi connectivity index (χ0v) is 22.9. The van der Waals surface area contributed by atoms with E-state index in [0.29, 0.717) is 25.2 Å². The molecule has 0 radical (unpaired) electrons. The molecule has 5 heteroatoms. The lowest BCUT2D eigenvalue weighted by Gasteiger charge is -2.40. The summed E-state index contributed by atoms with van der Waals surface area (Å²) in [5.74, 6) is 2.16. The second-order valence-electron chi connectivity index (χ2n) is 10.7. The fourth-order valence-corrected chi connectivity index (χ4v) is 6.75. The number of carbonyl (C=O) groups excluding carboxylic acids is 1. The third-order valence-corrected chi connectivity index (χ3v) is 9.18. The van der Waals surface area contributed by atoms with Gasteiger partial charge < -0.3 is 14.2 Å². The topological polar surface area (TPSA) is 44.8 Å². The van der Waals surface area contributed by atoms with Gasteiger partial charge in [0.15, 0.2) is 0 Å². The zero-order chi connectivity index (χ0) is 26.1. The van der Waals surface area contributed by atoms with Crippen LogP contribution in [0.5, 0.6) is 11.5 Å². The van der Waals surface area contributed by atoms with Crippen molar-refractivity contribution in [1.82, 2.24) is 0 Å². The second kappa shape index (κ2) is 10.5. The summed E-state index contributed by atoms with van der Waals surface area (Å²) in [4.78, 5) is 11.6. The van der Waals surface area contributed by atoms with Crippen LogP contribution in [0.2, 0.25) is 0 Å². The number of benzene rings is 3. The van der Waals surface area contributed by atoms with Gasteiger partial charge in [-0.25, -0.2) is 0 Å². The average Bonchev–Trinajstić information content (AvgIpc) is 3.34. The highest BCUT2D eigenvalue weighted by Crippen LogP contribution is 2.44. The molecule has 1 aromatic heterocycles. The van der Waals surface area contributed by atoms with Gasteiger partial charge in [0.2, 0.25) is 0 Å². The van der Waals surface area contributed by atoms with Crippen LogP contribution in [0.3, 0.4) is 0 Å². The number of fused-ring (bicyclic) bond motifs is 1.